The van der Waals surface area contributed by atoms with Crippen molar-refractivity contribution in [3.05, 3.63) is 24.2 Å². The molecule has 0 aliphatic carbocycles. The minimum absolute atomic E-state index is 0.421. The van der Waals surface area contributed by atoms with Gasteiger partial charge in [-0.2, -0.15) is 11.8 Å². The number of hydrogen-bond acceptors (Lipinski definition) is 4. The van der Waals surface area contributed by atoms with Crippen LogP contribution in [0.3, 0.4) is 0 Å². The van der Waals surface area contributed by atoms with Gasteiger partial charge in [-0.25, -0.2) is 0 Å². The highest BCUT2D eigenvalue weighted by atomic mass is 32.2. The molecule has 0 amide bonds. The zero-order valence-electron chi connectivity index (χ0n) is 10.4. The van der Waals surface area contributed by atoms with Gasteiger partial charge in [0.05, 0.1) is 18.1 Å². The smallest absolute Gasteiger partial charge is 0.113 e. The van der Waals surface area contributed by atoms with Crippen molar-refractivity contribution in [1.29, 1.82) is 0 Å². The lowest BCUT2D eigenvalue weighted by Gasteiger charge is -2.19. The molecule has 0 radical (unpaired) electrons. The molecule has 1 saturated heterocycles. The third kappa shape index (κ3) is 4.37. The Hall–Kier alpha value is -0.450. The monoisotopic (exact) mass is 255 g/mol. The first kappa shape index (κ1) is 13.0. The lowest BCUT2D eigenvalue weighted by Crippen LogP contribution is -2.38. The SMILES string of the molecule is CC(NCCSCc1ccco1)C1CCCO1. The van der Waals surface area contributed by atoms with Crippen molar-refractivity contribution in [2.24, 2.45) is 0 Å². The predicted molar refractivity (Wildman–Crippen MR) is 71.3 cm³/mol. The van der Waals surface area contributed by atoms with Crippen LogP contribution in [0.1, 0.15) is 25.5 Å². The molecule has 2 rings (SSSR count). The van der Waals surface area contributed by atoms with E-state index in [4.69, 9.17) is 9.15 Å². The number of rotatable bonds is 7. The number of ether oxygens (including phenoxy) is 1. The van der Waals surface area contributed by atoms with Gasteiger partial charge in [0.1, 0.15) is 5.76 Å². The van der Waals surface area contributed by atoms with Gasteiger partial charge in [-0.1, -0.05) is 0 Å². The molecule has 4 heteroatoms. The highest BCUT2D eigenvalue weighted by molar-refractivity contribution is 7.98. The highest BCUT2D eigenvalue weighted by Crippen LogP contribution is 2.15. The quantitative estimate of drug-likeness (QED) is 0.760. The van der Waals surface area contributed by atoms with Crippen LogP contribution < -0.4 is 5.32 Å². The maximum atomic E-state index is 5.65. The Morgan fingerprint density at radius 2 is 2.53 bits per heavy atom. The highest BCUT2D eigenvalue weighted by Gasteiger charge is 2.21. The first-order valence-electron chi connectivity index (χ1n) is 6.31. The fraction of sp³-hybridized carbons (Fsp3) is 0.692. The first-order chi connectivity index (χ1) is 8.36. The Balaban J connectivity index is 1.51. The van der Waals surface area contributed by atoms with Crippen molar-refractivity contribution in [3.63, 3.8) is 0 Å². The fourth-order valence-corrected chi connectivity index (χ4v) is 2.83. The average Bonchev–Trinajstić information content (AvgIpc) is 3.01. The van der Waals surface area contributed by atoms with E-state index in [1.807, 2.05) is 23.9 Å². The van der Waals surface area contributed by atoms with Crippen LogP contribution in [-0.4, -0.2) is 31.1 Å². The molecular weight excluding hydrogens is 234 g/mol. The van der Waals surface area contributed by atoms with Gasteiger partial charge in [0.25, 0.3) is 0 Å². The van der Waals surface area contributed by atoms with Crippen molar-refractivity contribution >= 4 is 11.8 Å². The number of furan rings is 1. The van der Waals surface area contributed by atoms with Gasteiger partial charge in [-0.05, 0) is 31.9 Å². The minimum atomic E-state index is 0.421. The summed E-state index contributed by atoms with van der Waals surface area (Å²) in [7, 11) is 0. The molecule has 17 heavy (non-hydrogen) atoms. The van der Waals surface area contributed by atoms with Crippen LogP contribution in [0.15, 0.2) is 22.8 Å². The van der Waals surface area contributed by atoms with Crippen LogP contribution in [0.5, 0.6) is 0 Å². The van der Waals surface area contributed by atoms with E-state index in [9.17, 15) is 0 Å². The second kappa shape index (κ2) is 7.09. The Morgan fingerprint density at radius 1 is 1.59 bits per heavy atom. The maximum absolute atomic E-state index is 5.65. The zero-order valence-corrected chi connectivity index (χ0v) is 11.2. The summed E-state index contributed by atoms with van der Waals surface area (Å²) in [5.74, 6) is 3.13. The van der Waals surface area contributed by atoms with E-state index >= 15 is 0 Å². The van der Waals surface area contributed by atoms with Crippen LogP contribution in [0.2, 0.25) is 0 Å². The topological polar surface area (TPSA) is 34.4 Å². The second-order valence-electron chi connectivity index (χ2n) is 4.43. The van der Waals surface area contributed by atoms with E-state index in [0.29, 0.717) is 12.1 Å². The van der Waals surface area contributed by atoms with Gasteiger partial charge in [0.2, 0.25) is 0 Å². The Kier molecular flexibility index (Phi) is 5.42. The molecule has 96 valence electrons. The summed E-state index contributed by atoms with van der Waals surface area (Å²) in [5, 5.41) is 3.53. The van der Waals surface area contributed by atoms with Crippen molar-refractivity contribution in [2.45, 2.75) is 37.7 Å². The Labute approximate surface area is 107 Å². The van der Waals surface area contributed by atoms with Gasteiger partial charge in [-0.3, -0.25) is 0 Å². The maximum Gasteiger partial charge on any atom is 0.113 e. The molecule has 1 aromatic rings. The molecule has 1 aliphatic heterocycles. The summed E-state index contributed by atoms with van der Waals surface area (Å²) in [6.45, 7) is 4.18. The molecule has 2 heterocycles. The molecule has 0 bridgehead atoms. The molecule has 1 fully saturated rings. The molecule has 2 atom stereocenters. The Bertz CT molecular complexity index is 296. The summed E-state index contributed by atoms with van der Waals surface area (Å²) in [4.78, 5) is 0. The van der Waals surface area contributed by atoms with Crippen LogP contribution >= 0.6 is 11.8 Å². The predicted octanol–water partition coefficient (Wildman–Crippen LogP) is 2.67. The van der Waals surface area contributed by atoms with Gasteiger partial charge in [0, 0.05) is 24.9 Å². The van der Waals surface area contributed by atoms with E-state index < -0.39 is 0 Å². The van der Waals surface area contributed by atoms with E-state index in [2.05, 4.69) is 12.2 Å². The third-order valence-corrected chi connectivity index (χ3v) is 4.04. The number of nitrogens with one attached hydrogen (secondary N) is 1. The Morgan fingerprint density at radius 3 is 3.24 bits per heavy atom. The van der Waals surface area contributed by atoms with Gasteiger partial charge in [-0.15, -0.1) is 0 Å². The summed E-state index contributed by atoms with van der Waals surface area (Å²) >= 11 is 1.90. The van der Waals surface area contributed by atoms with Crippen molar-refractivity contribution in [3.8, 4) is 0 Å². The molecule has 1 N–H and O–H groups in total. The van der Waals surface area contributed by atoms with Crippen LogP contribution in [-0.2, 0) is 10.5 Å². The molecule has 1 aromatic heterocycles. The normalized spacial score (nSPS) is 21.8. The standard InChI is InChI=1S/C13H21NO2S/c1-11(13-5-3-8-16-13)14-6-9-17-10-12-4-2-7-15-12/h2,4,7,11,13-14H,3,5-6,8-10H2,1H3. The third-order valence-electron chi connectivity index (χ3n) is 3.06. The number of thioether (sulfide) groups is 1. The molecule has 0 saturated carbocycles. The summed E-state index contributed by atoms with van der Waals surface area (Å²) in [5.41, 5.74) is 0. The summed E-state index contributed by atoms with van der Waals surface area (Å²) < 4.78 is 10.9. The molecule has 1 aliphatic rings. The van der Waals surface area contributed by atoms with Crippen LogP contribution in [0.25, 0.3) is 0 Å². The van der Waals surface area contributed by atoms with E-state index in [1.165, 1.54) is 12.8 Å². The number of hydrogen-bond donors (Lipinski definition) is 1. The van der Waals surface area contributed by atoms with Gasteiger partial charge >= 0.3 is 0 Å². The second-order valence-corrected chi connectivity index (χ2v) is 5.53. The van der Waals surface area contributed by atoms with E-state index in [0.717, 1.165) is 30.4 Å². The van der Waals surface area contributed by atoms with Crippen LogP contribution in [0.4, 0.5) is 0 Å². The lowest BCUT2D eigenvalue weighted by atomic mass is 10.1. The summed E-state index contributed by atoms with van der Waals surface area (Å²) in [6.07, 6.45) is 4.57. The molecule has 3 nitrogen and oxygen atoms in total. The minimum Gasteiger partial charge on any atom is -0.468 e. The van der Waals surface area contributed by atoms with E-state index in [-0.39, 0.29) is 0 Å². The van der Waals surface area contributed by atoms with Crippen LogP contribution in [0, 0.1) is 0 Å². The first-order valence-corrected chi connectivity index (χ1v) is 7.47. The fourth-order valence-electron chi connectivity index (χ4n) is 2.05. The van der Waals surface area contributed by atoms with Crippen molar-refractivity contribution in [1.82, 2.24) is 5.32 Å². The molecular formula is C13H21NO2S. The van der Waals surface area contributed by atoms with Gasteiger partial charge in [0.15, 0.2) is 0 Å². The molecule has 2 unspecified atom stereocenters. The largest absolute Gasteiger partial charge is 0.468 e. The zero-order chi connectivity index (χ0) is 11.9. The molecule has 0 spiro atoms. The average molecular weight is 255 g/mol. The molecule has 0 aromatic carbocycles. The summed E-state index contributed by atoms with van der Waals surface area (Å²) in [6, 6.07) is 4.44. The van der Waals surface area contributed by atoms with E-state index in [1.54, 1.807) is 6.26 Å². The van der Waals surface area contributed by atoms with Gasteiger partial charge < -0.3 is 14.5 Å². The van der Waals surface area contributed by atoms with Crippen molar-refractivity contribution < 1.29 is 9.15 Å². The lowest BCUT2D eigenvalue weighted by molar-refractivity contribution is 0.0844. The van der Waals surface area contributed by atoms with Crippen molar-refractivity contribution in [2.75, 3.05) is 18.9 Å².